The predicted molar refractivity (Wildman–Crippen MR) is 85.7 cm³/mol. The number of aliphatic hydroxyl groups is 1. The maximum atomic E-state index is 10.6. The summed E-state index contributed by atoms with van der Waals surface area (Å²) in [5.41, 5.74) is 3.48. The van der Waals surface area contributed by atoms with E-state index in [1.807, 2.05) is 44.2 Å². The molecule has 2 aromatic carbocycles. The maximum absolute atomic E-state index is 10.6. The van der Waals surface area contributed by atoms with Gasteiger partial charge in [-0.25, -0.2) is 0 Å². The van der Waals surface area contributed by atoms with Crippen LogP contribution in [0.15, 0.2) is 34.8 Å². The number of methoxy groups -OCH3 is 1. The van der Waals surface area contributed by atoms with E-state index >= 15 is 0 Å². The van der Waals surface area contributed by atoms with Crippen molar-refractivity contribution in [1.82, 2.24) is 0 Å². The van der Waals surface area contributed by atoms with Crippen molar-refractivity contribution < 1.29 is 9.84 Å². The predicted octanol–water partition coefficient (Wildman–Crippen LogP) is 4.81. The first-order valence-corrected chi connectivity index (χ1v) is 7.40. The third-order valence-corrected chi connectivity index (χ3v) is 4.67. The Morgan fingerprint density at radius 3 is 2.50 bits per heavy atom. The largest absolute Gasteiger partial charge is 0.496 e. The summed E-state index contributed by atoms with van der Waals surface area (Å²) in [6.45, 7) is 3.91. The van der Waals surface area contributed by atoms with Crippen LogP contribution in [0.3, 0.4) is 0 Å². The van der Waals surface area contributed by atoms with E-state index in [4.69, 9.17) is 16.3 Å². The Morgan fingerprint density at radius 2 is 1.85 bits per heavy atom. The first-order chi connectivity index (χ1) is 9.45. The first kappa shape index (κ1) is 15.4. The van der Waals surface area contributed by atoms with Gasteiger partial charge >= 0.3 is 0 Å². The minimum atomic E-state index is -0.760. The highest BCUT2D eigenvalue weighted by atomic mass is 79.9. The Bertz CT molecular complexity index is 641. The molecule has 106 valence electrons. The van der Waals surface area contributed by atoms with Gasteiger partial charge in [-0.1, -0.05) is 23.7 Å². The lowest BCUT2D eigenvalue weighted by Crippen LogP contribution is -2.04. The number of benzene rings is 2. The van der Waals surface area contributed by atoms with Crippen LogP contribution in [0.1, 0.15) is 28.4 Å². The zero-order valence-electron chi connectivity index (χ0n) is 11.6. The molecule has 0 spiro atoms. The second-order valence-electron chi connectivity index (χ2n) is 4.72. The molecule has 0 radical (unpaired) electrons. The summed E-state index contributed by atoms with van der Waals surface area (Å²) in [6, 6.07) is 9.41. The highest BCUT2D eigenvalue weighted by Gasteiger charge is 2.18. The summed E-state index contributed by atoms with van der Waals surface area (Å²) >= 11 is 9.64. The molecule has 0 saturated carbocycles. The zero-order valence-corrected chi connectivity index (χ0v) is 13.9. The van der Waals surface area contributed by atoms with Gasteiger partial charge in [0.15, 0.2) is 0 Å². The highest BCUT2D eigenvalue weighted by molar-refractivity contribution is 9.10. The minimum absolute atomic E-state index is 0.535. The molecule has 1 N–H and O–H groups in total. The van der Waals surface area contributed by atoms with E-state index in [1.165, 1.54) is 0 Å². The van der Waals surface area contributed by atoms with E-state index in [2.05, 4.69) is 15.9 Å². The summed E-state index contributed by atoms with van der Waals surface area (Å²) in [4.78, 5) is 0. The van der Waals surface area contributed by atoms with Gasteiger partial charge in [-0.15, -0.1) is 0 Å². The van der Waals surface area contributed by atoms with Crippen LogP contribution in [0.4, 0.5) is 0 Å². The average molecular weight is 356 g/mol. The topological polar surface area (TPSA) is 29.5 Å². The van der Waals surface area contributed by atoms with Crippen LogP contribution in [0.2, 0.25) is 5.02 Å². The van der Waals surface area contributed by atoms with Gasteiger partial charge in [0.05, 0.1) is 12.1 Å². The normalized spacial score (nSPS) is 12.3. The molecule has 1 atom stereocenters. The van der Waals surface area contributed by atoms with Crippen LogP contribution in [-0.4, -0.2) is 12.2 Å². The smallest absolute Gasteiger partial charge is 0.122 e. The fraction of sp³-hybridized carbons (Fsp3) is 0.250. The summed E-state index contributed by atoms with van der Waals surface area (Å²) in [6.07, 6.45) is -0.760. The second kappa shape index (κ2) is 6.17. The van der Waals surface area contributed by atoms with Crippen molar-refractivity contribution in [1.29, 1.82) is 0 Å². The molecule has 2 aromatic rings. The zero-order chi connectivity index (χ0) is 14.9. The molecule has 1 unspecified atom stereocenters. The van der Waals surface area contributed by atoms with Gasteiger partial charge in [0.25, 0.3) is 0 Å². The second-order valence-corrected chi connectivity index (χ2v) is 5.96. The Labute approximate surface area is 132 Å². The number of aryl methyl sites for hydroxylation is 2. The van der Waals surface area contributed by atoms with E-state index in [0.29, 0.717) is 10.6 Å². The minimum Gasteiger partial charge on any atom is -0.496 e. The Kier molecular flexibility index (Phi) is 4.74. The highest BCUT2D eigenvalue weighted by Crippen LogP contribution is 2.36. The number of ether oxygens (including phenoxy) is 1. The quantitative estimate of drug-likeness (QED) is 0.856. The molecule has 0 aromatic heterocycles. The molecule has 0 aliphatic rings. The van der Waals surface area contributed by atoms with Gasteiger partial charge in [-0.2, -0.15) is 0 Å². The van der Waals surface area contributed by atoms with Crippen LogP contribution in [0.25, 0.3) is 0 Å². The molecule has 0 saturated heterocycles. The number of aliphatic hydroxyl groups excluding tert-OH is 1. The molecule has 0 heterocycles. The first-order valence-electron chi connectivity index (χ1n) is 6.22. The summed E-state index contributed by atoms with van der Waals surface area (Å²) in [5.74, 6) is 0.818. The monoisotopic (exact) mass is 354 g/mol. The number of halogens is 2. The van der Waals surface area contributed by atoms with E-state index < -0.39 is 6.10 Å². The molecule has 0 fully saturated rings. The molecule has 20 heavy (non-hydrogen) atoms. The Hall–Kier alpha value is -1.03. The van der Waals surface area contributed by atoms with E-state index in [0.717, 1.165) is 26.9 Å². The molecule has 0 aliphatic heterocycles. The number of hydrogen-bond acceptors (Lipinski definition) is 2. The van der Waals surface area contributed by atoms with Crippen LogP contribution in [-0.2, 0) is 0 Å². The fourth-order valence-electron chi connectivity index (χ4n) is 2.23. The van der Waals surface area contributed by atoms with Gasteiger partial charge in [0.1, 0.15) is 11.9 Å². The summed E-state index contributed by atoms with van der Waals surface area (Å²) in [7, 11) is 1.64. The average Bonchev–Trinajstić information content (AvgIpc) is 2.43. The molecule has 0 amide bonds. The lowest BCUT2D eigenvalue weighted by atomic mass is 9.95. The van der Waals surface area contributed by atoms with Crippen molar-refractivity contribution in [2.24, 2.45) is 0 Å². The number of hydrogen-bond donors (Lipinski definition) is 1. The summed E-state index contributed by atoms with van der Waals surface area (Å²) < 4.78 is 6.07. The van der Waals surface area contributed by atoms with Crippen molar-refractivity contribution in [3.63, 3.8) is 0 Å². The van der Waals surface area contributed by atoms with Crippen LogP contribution < -0.4 is 4.74 Å². The molecule has 2 nitrogen and oxygen atoms in total. The lowest BCUT2D eigenvalue weighted by molar-refractivity contribution is 0.219. The van der Waals surface area contributed by atoms with Crippen molar-refractivity contribution >= 4 is 27.5 Å². The molecular weight excluding hydrogens is 340 g/mol. The van der Waals surface area contributed by atoms with Crippen molar-refractivity contribution in [2.75, 3.05) is 7.11 Å². The van der Waals surface area contributed by atoms with Crippen molar-refractivity contribution in [2.45, 2.75) is 20.0 Å². The lowest BCUT2D eigenvalue weighted by Gasteiger charge is -2.18. The fourth-order valence-corrected chi connectivity index (χ4v) is 2.84. The van der Waals surface area contributed by atoms with Crippen LogP contribution >= 0.6 is 27.5 Å². The van der Waals surface area contributed by atoms with Gasteiger partial charge < -0.3 is 9.84 Å². The maximum Gasteiger partial charge on any atom is 0.122 e. The molecule has 0 aliphatic carbocycles. The van der Waals surface area contributed by atoms with E-state index in [-0.39, 0.29) is 0 Å². The van der Waals surface area contributed by atoms with Gasteiger partial charge in [-0.05, 0) is 64.7 Å². The molecule has 4 heteroatoms. The van der Waals surface area contributed by atoms with Crippen LogP contribution in [0.5, 0.6) is 5.75 Å². The van der Waals surface area contributed by atoms with E-state index in [9.17, 15) is 5.11 Å². The number of rotatable bonds is 3. The van der Waals surface area contributed by atoms with Gasteiger partial charge in [0, 0.05) is 10.0 Å². The Morgan fingerprint density at radius 1 is 1.15 bits per heavy atom. The molecular formula is C16H16BrClO2. The third-order valence-electron chi connectivity index (χ3n) is 3.35. The van der Waals surface area contributed by atoms with Crippen molar-refractivity contribution in [3.05, 3.63) is 62.1 Å². The standard InChI is InChI=1S/C16H16BrClO2/c1-9-8-14(20-3)10(2)7-12(9)16(19)11-5-4-6-13(17)15(11)18/h4-8,16,19H,1-3H3. The SMILES string of the molecule is COc1cc(C)c(C(O)c2cccc(Br)c2Cl)cc1C. The molecule has 2 rings (SSSR count). The van der Waals surface area contributed by atoms with Gasteiger partial charge in [-0.3, -0.25) is 0 Å². The van der Waals surface area contributed by atoms with Crippen molar-refractivity contribution in [3.8, 4) is 5.75 Å². The van der Waals surface area contributed by atoms with Gasteiger partial charge in [0.2, 0.25) is 0 Å². The molecule has 0 bridgehead atoms. The summed E-state index contributed by atoms with van der Waals surface area (Å²) in [5, 5.41) is 11.2. The van der Waals surface area contributed by atoms with E-state index in [1.54, 1.807) is 7.11 Å². The Balaban J connectivity index is 2.51. The third kappa shape index (κ3) is 2.85. The van der Waals surface area contributed by atoms with Crippen LogP contribution in [0, 0.1) is 13.8 Å².